The molecule has 1 aromatic rings. The van der Waals surface area contributed by atoms with E-state index in [0.29, 0.717) is 12.1 Å². The van der Waals surface area contributed by atoms with Crippen molar-refractivity contribution in [2.75, 3.05) is 13.2 Å². The van der Waals surface area contributed by atoms with E-state index in [1.807, 2.05) is 25.5 Å². The number of amides is 1. The second-order valence-corrected chi connectivity index (χ2v) is 4.71. The molecule has 2 rings (SSSR count). The highest BCUT2D eigenvalue weighted by molar-refractivity contribution is 5.96. The van der Waals surface area contributed by atoms with Gasteiger partial charge in [-0.3, -0.25) is 9.48 Å². The van der Waals surface area contributed by atoms with Gasteiger partial charge in [0.25, 0.3) is 5.91 Å². The van der Waals surface area contributed by atoms with Crippen molar-refractivity contribution in [1.82, 2.24) is 15.1 Å². The van der Waals surface area contributed by atoms with Gasteiger partial charge in [-0.2, -0.15) is 5.10 Å². The summed E-state index contributed by atoms with van der Waals surface area (Å²) in [5.74, 6) is -0.0415. The van der Waals surface area contributed by atoms with Crippen LogP contribution in [0.2, 0.25) is 0 Å². The van der Waals surface area contributed by atoms with E-state index >= 15 is 0 Å². The van der Waals surface area contributed by atoms with Gasteiger partial charge in [-0.1, -0.05) is 0 Å². The predicted molar refractivity (Wildman–Crippen MR) is 68.7 cm³/mol. The van der Waals surface area contributed by atoms with Gasteiger partial charge in [0.2, 0.25) is 0 Å². The topological polar surface area (TPSA) is 56.2 Å². The first-order valence-electron chi connectivity index (χ1n) is 6.57. The lowest BCUT2D eigenvalue weighted by Crippen LogP contribution is -2.32. The number of aromatic nitrogens is 2. The molecule has 1 aliphatic heterocycles. The molecule has 2 heterocycles. The van der Waals surface area contributed by atoms with Gasteiger partial charge >= 0.3 is 0 Å². The van der Waals surface area contributed by atoms with E-state index in [9.17, 15) is 4.79 Å². The number of hydrogen-bond donors (Lipinski definition) is 1. The number of rotatable bonds is 4. The van der Waals surface area contributed by atoms with Crippen LogP contribution in [0.15, 0.2) is 0 Å². The van der Waals surface area contributed by atoms with Crippen LogP contribution in [0.3, 0.4) is 0 Å². The molecule has 1 N–H and O–H groups in total. The number of carbonyl (C=O) groups excluding carboxylic acids is 1. The predicted octanol–water partition coefficient (Wildman–Crippen LogP) is 1.43. The van der Waals surface area contributed by atoms with Crippen molar-refractivity contribution in [1.29, 1.82) is 0 Å². The molecule has 1 aromatic heterocycles. The second kappa shape index (κ2) is 5.52. The van der Waals surface area contributed by atoms with E-state index in [1.165, 1.54) is 0 Å². The molecule has 0 aliphatic carbocycles. The van der Waals surface area contributed by atoms with Crippen LogP contribution < -0.4 is 5.32 Å². The summed E-state index contributed by atoms with van der Waals surface area (Å²) >= 11 is 0. The number of ether oxygens (including phenoxy) is 1. The van der Waals surface area contributed by atoms with Gasteiger partial charge in [-0.05, 0) is 33.6 Å². The van der Waals surface area contributed by atoms with E-state index in [0.717, 1.165) is 37.4 Å². The smallest absolute Gasteiger partial charge is 0.255 e. The zero-order valence-corrected chi connectivity index (χ0v) is 11.3. The van der Waals surface area contributed by atoms with Crippen LogP contribution in [-0.2, 0) is 11.3 Å². The van der Waals surface area contributed by atoms with Gasteiger partial charge < -0.3 is 10.1 Å². The van der Waals surface area contributed by atoms with Crippen molar-refractivity contribution < 1.29 is 9.53 Å². The molecule has 0 spiro atoms. The molecule has 18 heavy (non-hydrogen) atoms. The average molecular weight is 251 g/mol. The van der Waals surface area contributed by atoms with Gasteiger partial charge in [-0.15, -0.1) is 0 Å². The molecule has 1 atom stereocenters. The molecule has 1 saturated heterocycles. The van der Waals surface area contributed by atoms with E-state index in [-0.39, 0.29) is 12.0 Å². The third-order valence-corrected chi connectivity index (χ3v) is 3.42. The zero-order valence-electron chi connectivity index (χ0n) is 11.3. The van der Waals surface area contributed by atoms with Crippen LogP contribution in [0.4, 0.5) is 0 Å². The lowest BCUT2D eigenvalue weighted by atomic mass is 10.1. The maximum atomic E-state index is 12.2. The van der Waals surface area contributed by atoms with Crippen LogP contribution in [0.5, 0.6) is 0 Å². The number of hydrogen-bond acceptors (Lipinski definition) is 3. The summed E-state index contributed by atoms with van der Waals surface area (Å²) in [6.07, 6.45) is 2.30. The first kappa shape index (κ1) is 13.1. The van der Waals surface area contributed by atoms with Crippen LogP contribution in [0, 0.1) is 13.8 Å². The minimum Gasteiger partial charge on any atom is -0.376 e. The number of nitrogens with zero attached hydrogens (tertiary/aromatic N) is 2. The Morgan fingerprint density at radius 3 is 2.89 bits per heavy atom. The maximum Gasteiger partial charge on any atom is 0.255 e. The Kier molecular flexibility index (Phi) is 4.01. The lowest BCUT2D eigenvalue weighted by molar-refractivity contribution is 0.0856. The van der Waals surface area contributed by atoms with Gasteiger partial charge in [0, 0.05) is 25.4 Å². The minimum atomic E-state index is -0.0415. The molecule has 1 amide bonds. The summed E-state index contributed by atoms with van der Waals surface area (Å²) in [6, 6.07) is 0. The average Bonchev–Trinajstić information content (AvgIpc) is 2.94. The Labute approximate surface area is 108 Å². The molecule has 0 radical (unpaired) electrons. The Morgan fingerprint density at radius 1 is 1.56 bits per heavy atom. The summed E-state index contributed by atoms with van der Waals surface area (Å²) in [6.45, 7) is 8.02. The van der Waals surface area contributed by atoms with Crippen LogP contribution in [-0.4, -0.2) is 34.9 Å². The van der Waals surface area contributed by atoms with Crippen molar-refractivity contribution in [3.8, 4) is 0 Å². The Bertz CT molecular complexity index is 434. The van der Waals surface area contributed by atoms with Crippen molar-refractivity contribution in [3.63, 3.8) is 0 Å². The molecule has 1 aliphatic rings. The van der Waals surface area contributed by atoms with Gasteiger partial charge in [0.05, 0.1) is 17.4 Å². The second-order valence-electron chi connectivity index (χ2n) is 4.71. The monoisotopic (exact) mass is 251 g/mol. The highest BCUT2D eigenvalue weighted by Crippen LogP contribution is 2.14. The summed E-state index contributed by atoms with van der Waals surface area (Å²) in [5.41, 5.74) is 2.42. The van der Waals surface area contributed by atoms with E-state index in [1.54, 1.807) is 0 Å². The number of nitrogens with one attached hydrogen (secondary N) is 1. The van der Waals surface area contributed by atoms with Crippen LogP contribution in [0.25, 0.3) is 0 Å². The molecule has 0 bridgehead atoms. The van der Waals surface area contributed by atoms with Crippen molar-refractivity contribution in [2.24, 2.45) is 0 Å². The first-order chi connectivity index (χ1) is 8.63. The fourth-order valence-electron chi connectivity index (χ4n) is 2.43. The Balaban J connectivity index is 2.01. The number of aryl methyl sites for hydroxylation is 2. The fourth-order valence-corrected chi connectivity index (χ4v) is 2.43. The molecule has 5 nitrogen and oxygen atoms in total. The van der Waals surface area contributed by atoms with Gasteiger partial charge in [-0.25, -0.2) is 0 Å². The SMILES string of the molecule is CCn1nc(C)c(C(=O)NCC2CCCO2)c1C. The summed E-state index contributed by atoms with van der Waals surface area (Å²) < 4.78 is 7.35. The third-order valence-electron chi connectivity index (χ3n) is 3.42. The van der Waals surface area contributed by atoms with E-state index < -0.39 is 0 Å². The van der Waals surface area contributed by atoms with Crippen LogP contribution >= 0.6 is 0 Å². The van der Waals surface area contributed by atoms with Crippen LogP contribution in [0.1, 0.15) is 41.5 Å². The first-order valence-corrected chi connectivity index (χ1v) is 6.57. The molecule has 100 valence electrons. The third kappa shape index (κ3) is 2.56. The molecule has 0 aromatic carbocycles. The van der Waals surface area contributed by atoms with Gasteiger partial charge in [0.15, 0.2) is 0 Å². The van der Waals surface area contributed by atoms with Crippen molar-refractivity contribution in [3.05, 3.63) is 17.0 Å². The highest BCUT2D eigenvalue weighted by Gasteiger charge is 2.20. The maximum absolute atomic E-state index is 12.2. The van der Waals surface area contributed by atoms with Crippen molar-refractivity contribution >= 4 is 5.91 Å². The summed E-state index contributed by atoms with van der Waals surface area (Å²) in [5, 5.41) is 7.30. The van der Waals surface area contributed by atoms with Gasteiger partial charge in [0.1, 0.15) is 0 Å². The molecule has 1 unspecified atom stereocenters. The molecule has 1 fully saturated rings. The molecule has 0 saturated carbocycles. The van der Waals surface area contributed by atoms with E-state index in [2.05, 4.69) is 10.4 Å². The zero-order chi connectivity index (χ0) is 13.1. The standard InChI is InChI=1S/C13H21N3O2/c1-4-16-10(3)12(9(2)15-16)13(17)14-8-11-6-5-7-18-11/h11H,4-8H2,1-3H3,(H,14,17). The highest BCUT2D eigenvalue weighted by atomic mass is 16.5. The molecular formula is C13H21N3O2. The molecular weight excluding hydrogens is 230 g/mol. The largest absolute Gasteiger partial charge is 0.376 e. The fraction of sp³-hybridized carbons (Fsp3) is 0.692. The summed E-state index contributed by atoms with van der Waals surface area (Å²) in [4.78, 5) is 12.2. The minimum absolute atomic E-state index is 0.0415. The molecule has 5 heteroatoms. The van der Waals surface area contributed by atoms with Crippen molar-refractivity contribution in [2.45, 2.75) is 46.3 Å². The normalized spacial score (nSPS) is 19.2. The summed E-state index contributed by atoms with van der Waals surface area (Å²) in [7, 11) is 0. The lowest BCUT2D eigenvalue weighted by Gasteiger charge is -2.11. The Morgan fingerprint density at radius 2 is 2.33 bits per heavy atom. The quantitative estimate of drug-likeness (QED) is 0.880. The number of carbonyl (C=O) groups is 1. The Hall–Kier alpha value is -1.36. The van der Waals surface area contributed by atoms with E-state index in [4.69, 9.17) is 4.74 Å².